The Bertz CT molecular complexity index is 1480. The molecular weight excluding hydrogens is 496 g/mol. The van der Waals surface area contributed by atoms with E-state index in [9.17, 15) is 13.2 Å². The van der Waals surface area contributed by atoms with E-state index >= 15 is 0 Å². The van der Waals surface area contributed by atoms with Gasteiger partial charge in [-0.25, -0.2) is 8.42 Å². The third kappa shape index (κ3) is 4.62. The molecule has 1 aliphatic heterocycles. The normalized spacial score (nSPS) is 16.9. The number of benzene rings is 2. The van der Waals surface area contributed by atoms with Crippen molar-refractivity contribution in [1.29, 1.82) is 0 Å². The SMILES string of the molecule is COc1cccc2cc(-c3nnc(NC(=O)C4CCCN(S(=O)(=O)c5ccc(Cl)cc5)C4)o3)oc12. The second-order valence-corrected chi connectivity index (χ2v) is 10.4. The van der Waals surface area contributed by atoms with Crippen molar-refractivity contribution in [3.8, 4) is 17.4 Å². The molecule has 1 unspecified atom stereocenters. The summed E-state index contributed by atoms with van der Waals surface area (Å²) in [7, 11) is -2.20. The van der Waals surface area contributed by atoms with E-state index in [-0.39, 0.29) is 23.3 Å². The van der Waals surface area contributed by atoms with E-state index in [0.717, 1.165) is 5.39 Å². The number of furan rings is 1. The maximum Gasteiger partial charge on any atom is 0.322 e. The van der Waals surface area contributed by atoms with Gasteiger partial charge in [0.25, 0.3) is 5.89 Å². The average Bonchev–Trinajstić information content (AvgIpc) is 3.51. The number of fused-ring (bicyclic) bond motifs is 1. The summed E-state index contributed by atoms with van der Waals surface area (Å²) in [5, 5.41) is 11.7. The molecule has 5 rings (SSSR count). The first-order valence-corrected chi connectivity index (χ1v) is 12.6. The molecule has 0 aliphatic carbocycles. The third-order valence-electron chi connectivity index (χ3n) is 5.80. The molecular formula is C23H21ClN4O6S. The van der Waals surface area contributed by atoms with Crippen molar-refractivity contribution in [1.82, 2.24) is 14.5 Å². The van der Waals surface area contributed by atoms with Crippen LogP contribution in [0.25, 0.3) is 22.6 Å². The smallest absolute Gasteiger partial charge is 0.322 e. The molecule has 0 bridgehead atoms. The summed E-state index contributed by atoms with van der Waals surface area (Å²) in [6.07, 6.45) is 1.07. The number of carbonyl (C=O) groups is 1. The van der Waals surface area contributed by atoms with Crippen LogP contribution >= 0.6 is 11.6 Å². The Morgan fingerprint density at radius 1 is 1.17 bits per heavy atom. The zero-order valence-electron chi connectivity index (χ0n) is 18.6. The Morgan fingerprint density at radius 2 is 1.97 bits per heavy atom. The van der Waals surface area contributed by atoms with Crippen molar-refractivity contribution >= 4 is 44.5 Å². The summed E-state index contributed by atoms with van der Waals surface area (Å²) >= 11 is 5.87. The zero-order chi connectivity index (χ0) is 24.6. The molecule has 0 spiro atoms. The largest absolute Gasteiger partial charge is 0.493 e. The number of anilines is 1. The third-order valence-corrected chi connectivity index (χ3v) is 7.93. The van der Waals surface area contributed by atoms with E-state index in [1.165, 1.54) is 28.6 Å². The highest BCUT2D eigenvalue weighted by atomic mass is 35.5. The van der Waals surface area contributed by atoms with Gasteiger partial charge in [-0.2, -0.15) is 4.31 Å². The first kappa shape index (κ1) is 23.3. The molecule has 1 amide bonds. The van der Waals surface area contributed by atoms with Crippen LogP contribution < -0.4 is 10.1 Å². The average molecular weight is 517 g/mol. The van der Waals surface area contributed by atoms with Crippen molar-refractivity contribution in [2.24, 2.45) is 5.92 Å². The van der Waals surface area contributed by atoms with Gasteiger partial charge in [-0.15, -0.1) is 5.10 Å². The number of hydrogen-bond donors (Lipinski definition) is 1. The second-order valence-electron chi connectivity index (χ2n) is 8.05. The number of rotatable bonds is 6. The molecule has 1 atom stereocenters. The quantitative estimate of drug-likeness (QED) is 0.404. The van der Waals surface area contributed by atoms with Crippen molar-refractivity contribution in [3.05, 3.63) is 53.6 Å². The fraction of sp³-hybridized carbons (Fsp3) is 0.261. The molecule has 12 heteroatoms. The fourth-order valence-electron chi connectivity index (χ4n) is 4.01. The topological polar surface area (TPSA) is 128 Å². The van der Waals surface area contributed by atoms with Crippen LogP contribution in [0.1, 0.15) is 12.8 Å². The van der Waals surface area contributed by atoms with Crippen LogP contribution in [0.2, 0.25) is 5.02 Å². The van der Waals surface area contributed by atoms with Crippen LogP contribution in [0.4, 0.5) is 6.01 Å². The van der Waals surface area contributed by atoms with Gasteiger partial charge < -0.3 is 13.6 Å². The number of halogens is 1. The maximum atomic E-state index is 13.0. The molecule has 2 aromatic carbocycles. The van der Waals surface area contributed by atoms with Crippen molar-refractivity contribution in [2.75, 3.05) is 25.5 Å². The lowest BCUT2D eigenvalue weighted by Gasteiger charge is -2.30. The van der Waals surface area contributed by atoms with Gasteiger partial charge in [0, 0.05) is 23.5 Å². The second kappa shape index (κ2) is 9.33. The first-order chi connectivity index (χ1) is 16.8. The van der Waals surface area contributed by atoms with Gasteiger partial charge in [0.1, 0.15) is 0 Å². The Labute approximate surface area is 205 Å². The van der Waals surface area contributed by atoms with Gasteiger partial charge in [0.05, 0.1) is 17.9 Å². The van der Waals surface area contributed by atoms with Gasteiger partial charge in [-0.3, -0.25) is 10.1 Å². The highest BCUT2D eigenvalue weighted by Gasteiger charge is 2.34. The molecule has 182 valence electrons. The molecule has 10 nitrogen and oxygen atoms in total. The monoisotopic (exact) mass is 516 g/mol. The van der Waals surface area contributed by atoms with Crippen LogP contribution in [0.3, 0.4) is 0 Å². The summed E-state index contributed by atoms with van der Waals surface area (Å²) in [5.74, 6) is 0.0147. The Hall–Kier alpha value is -3.41. The maximum absolute atomic E-state index is 13.0. The number of aromatic nitrogens is 2. The minimum Gasteiger partial charge on any atom is -0.493 e. The Balaban J connectivity index is 1.28. The number of carbonyl (C=O) groups excluding carboxylic acids is 1. The lowest BCUT2D eigenvalue weighted by atomic mass is 9.99. The van der Waals surface area contributed by atoms with Crippen molar-refractivity contribution in [2.45, 2.75) is 17.7 Å². The number of piperidine rings is 1. The highest BCUT2D eigenvalue weighted by molar-refractivity contribution is 7.89. The van der Waals surface area contributed by atoms with Crippen LogP contribution in [-0.4, -0.2) is 49.0 Å². The van der Waals surface area contributed by atoms with Crippen LogP contribution in [0.15, 0.2) is 62.3 Å². The van der Waals surface area contributed by atoms with Crippen molar-refractivity contribution < 1.29 is 26.8 Å². The van der Waals surface area contributed by atoms with E-state index in [1.807, 2.05) is 12.1 Å². The zero-order valence-corrected chi connectivity index (χ0v) is 20.2. The van der Waals surface area contributed by atoms with Crippen LogP contribution in [-0.2, 0) is 14.8 Å². The number of hydrogen-bond acceptors (Lipinski definition) is 8. The number of ether oxygens (including phenoxy) is 1. The Morgan fingerprint density at radius 3 is 2.74 bits per heavy atom. The minimum atomic E-state index is -3.75. The highest BCUT2D eigenvalue weighted by Crippen LogP contribution is 2.33. The van der Waals surface area contributed by atoms with Crippen LogP contribution in [0.5, 0.6) is 5.75 Å². The van der Waals surface area contributed by atoms with E-state index < -0.39 is 21.8 Å². The summed E-state index contributed by atoms with van der Waals surface area (Å²) in [5.41, 5.74) is 0.540. The molecule has 1 aliphatic rings. The van der Waals surface area contributed by atoms with Gasteiger partial charge in [-0.05, 0) is 49.2 Å². The lowest BCUT2D eigenvalue weighted by Crippen LogP contribution is -2.43. The van der Waals surface area contributed by atoms with Gasteiger partial charge in [0.2, 0.25) is 15.9 Å². The van der Waals surface area contributed by atoms with E-state index in [2.05, 4.69) is 15.5 Å². The number of methoxy groups -OCH3 is 1. The number of sulfonamides is 1. The molecule has 1 N–H and O–H groups in total. The molecule has 1 saturated heterocycles. The number of amides is 1. The van der Waals surface area contributed by atoms with E-state index in [0.29, 0.717) is 41.5 Å². The van der Waals surface area contributed by atoms with Gasteiger partial charge >= 0.3 is 6.01 Å². The summed E-state index contributed by atoms with van der Waals surface area (Å²) < 4.78 is 44.0. The Kier molecular flexibility index (Phi) is 6.22. The molecule has 35 heavy (non-hydrogen) atoms. The van der Waals surface area contributed by atoms with E-state index in [4.69, 9.17) is 25.2 Å². The number of nitrogens with zero attached hydrogens (tertiary/aromatic N) is 3. The van der Waals surface area contributed by atoms with E-state index in [1.54, 1.807) is 19.2 Å². The fourth-order valence-corrected chi connectivity index (χ4v) is 5.66. The molecule has 3 heterocycles. The lowest BCUT2D eigenvalue weighted by molar-refractivity contribution is -0.121. The number of para-hydroxylation sites is 1. The summed E-state index contributed by atoms with van der Waals surface area (Å²) in [6, 6.07) is 13.0. The predicted molar refractivity (Wildman–Crippen MR) is 128 cm³/mol. The van der Waals surface area contributed by atoms with Gasteiger partial charge in [-0.1, -0.05) is 28.8 Å². The van der Waals surface area contributed by atoms with Crippen LogP contribution in [0, 0.1) is 5.92 Å². The summed E-state index contributed by atoms with van der Waals surface area (Å²) in [4.78, 5) is 13.0. The minimum absolute atomic E-state index is 0.0428. The standard InChI is InChI=1S/C23H21ClN4O6S/c1-32-18-6-2-4-14-12-19(33-20(14)18)22-26-27-23(34-22)25-21(29)15-5-3-11-28(13-15)35(30,31)17-9-7-16(24)8-10-17/h2,4,6-10,12,15H,3,5,11,13H2,1H3,(H,25,27,29). The number of nitrogens with one attached hydrogen (secondary N) is 1. The first-order valence-electron chi connectivity index (χ1n) is 10.8. The summed E-state index contributed by atoms with van der Waals surface area (Å²) in [6.45, 7) is 0.371. The predicted octanol–water partition coefficient (Wildman–Crippen LogP) is 4.18. The molecule has 0 saturated carbocycles. The van der Waals surface area contributed by atoms with Crippen molar-refractivity contribution in [3.63, 3.8) is 0 Å². The molecule has 0 radical (unpaired) electrons. The van der Waals surface area contributed by atoms with Gasteiger partial charge in [0.15, 0.2) is 17.1 Å². The molecule has 1 fully saturated rings. The molecule has 4 aromatic rings. The molecule has 2 aromatic heterocycles.